The predicted octanol–water partition coefficient (Wildman–Crippen LogP) is 2.49. The number of esters is 1. The fraction of sp³-hybridized carbons (Fsp3) is 0.250. The molecular weight excluding hydrogens is 176 g/mol. The van der Waals surface area contributed by atoms with Crippen molar-refractivity contribution < 1.29 is 9.53 Å². The number of rotatable bonds is 2. The van der Waals surface area contributed by atoms with E-state index in [-0.39, 0.29) is 5.97 Å². The summed E-state index contributed by atoms with van der Waals surface area (Å²) < 4.78 is 4.52. The Kier molecular flexibility index (Phi) is 3.46. The van der Waals surface area contributed by atoms with Gasteiger partial charge in [-0.05, 0) is 31.1 Å². The Morgan fingerprint density at radius 2 is 2.07 bits per heavy atom. The van der Waals surface area contributed by atoms with Crippen molar-refractivity contribution in [3.05, 3.63) is 41.0 Å². The standard InChI is InChI=1S/C12H14O2/c1-9-4-5-10(2)11(8-9)6-7-12(13)14-3/h4-8H,1-3H3/b7-6+. The first kappa shape index (κ1) is 10.5. The van der Waals surface area contributed by atoms with Gasteiger partial charge in [-0.3, -0.25) is 0 Å². The lowest BCUT2D eigenvalue weighted by molar-refractivity contribution is -0.134. The monoisotopic (exact) mass is 190 g/mol. The minimum Gasteiger partial charge on any atom is -0.466 e. The van der Waals surface area contributed by atoms with Gasteiger partial charge in [-0.2, -0.15) is 0 Å². The van der Waals surface area contributed by atoms with E-state index >= 15 is 0 Å². The Bertz CT molecular complexity index is 365. The third-order valence-electron chi connectivity index (χ3n) is 2.03. The molecule has 0 N–H and O–H groups in total. The van der Waals surface area contributed by atoms with Crippen LogP contribution in [0.4, 0.5) is 0 Å². The van der Waals surface area contributed by atoms with Crippen molar-refractivity contribution in [2.75, 3.05) is 7.11 Å². The van der Waals surface area contributed by atoms with Gasteiger partial charge in [0.2, 0.25) is 0 Å². The van der Waals surface area contributed by atoms with E-state index in [0.29, 0.717) is 0 Å². The van der Waals surface area contributed by atoms with Gasteiger partial charge in [0.15, 0.2) is 0 Å². The molecule has 0 saturated carbocycles. The first-order valence-electron chi connectivity index (χ1n) is 4.47. The third kappa shape index (κ3) is 2.73. The minimum absolute atomic E-state index is 0.328. The molecule has 0 heterocycles. The molecule has 2 nitrogen and oxygen atoms in total. The molecule has 2 heteroatoms. The van der Waals surface area contributed by atoms with Crippen molar-refractivity contribution in [3.63, 3.8) is 0 Å². The summed E-state index contributed by atoms with van der Waals surface area (Å²) in [6.45, 7) is 4.03. The van der Waals surface area contributed by atoms with Gasteiger partial charge >= 0.3 is 5.97 Å². The van der Waals surface area contributed by atoms with E-state index < -0.39 is 0 Å². The maximum atomic E-state index is 10.9. The second kappa shape index (κ2) is 4.61. The summed E-state index contributed by atoms with van der Waals surface area (Å²) in [6.07, 6.45) is 3.20. The molecule has 0 atom stereocenters. The van der Waals surface area contributed by atoms with E-state index in [1.165, 1.54) is 18.7 Å². The van der Waals surface area contributed by atoms with E-state index in [1.54, 1.807) is 6.08 Å². The molecule has 0 aliphatic rings. The summed E-state index contributed by atoms with van der Waals surface area (Å²) in [5.41, 5.74) is 3.38. The van der Waals surface area contributed by atoms with Gasteiger partial charge in [0.05, 0.1) is 7.11 Å². The first-order valence-corrected chi connectivity index (χ1v) is 4.47. The summed E-state index contributed by atoms with van der Waals surface area (Å²) in [7, 11) is 1.37. The van der Waals surface area contributed by atoms with Crippen molar-refractivity contribution in [2.45, 2.75) is 13.8 Å². The third-order valence-corrected chi connectivity index (χ3v) is 2.03. The van der Waals surface area contributed by atoms with Gasteiger partial charge in [-0.1, -0.05) is 23.8 Å². The average molecular weight is 190 g/mol. The van der Waals surface area contributed by atoms with Crippen molar-refractivity contribution in [2.24, 2.45) is 0 Å². The lowest BCUT2D eigenvalue weighted by Crippen LogP contribution is -1.93. The summed E-state index contributed by atoms with van der Waals surface area (Å²) in [4.78, 5) is 10.9. The molecule has 0 amide bonds. The zero-order chi connectivity index (χ0) is 10.6. The van der Waals surface area contributed by atoms with Gasteiger partial charge in [0.1, 0.15) is 0 Å². The highest BCUT2D eigenvalue weighted by Crippen LogP contribution is 2.12. The Balaban J connectivity index is 2.90. The van der Waals surface area contributed by atoms with Crippen LogP contribution in [-0.4, -0.2) is 13.1 Å². The van der Waals surface area contributed by atoms with Crippen LogP contribution in [0, 0.1) is 13.8 Å². The maximum absolute atomic E-state index is 10.9. The number of methoxy groups -OCH3 is 1. The van der Waals surface area contributed by atoms with Crippen molar-refractivity contribution in [1.29, 1.82) is 0 Å². The van der Waals surface area contributed by atoms with Crippen molar-refractivity contribution in [3.8, 4) is 0 Å². The summed E-state index contributed by atoms with van der Waals surface area (Å²) in [6, 6.07) is 6.12. The molecule has 0 saturated heterocycles. The Labute approximate surface area is 84.2 Å². The van der Waals surface area contributed by atoms with Gasteiger partial charge in [-0.25, -0.2) is 4.79 Å². The molecule has 0 radical (unpaired) electrons. The normalized spacial score (nSPS) is 10.5. The molecule has 0 bridgehead atoms. The second-order valence-electron chi connectivity index (χ2n) is 3.22. The molecule has 0 aliphatic carbocycles. The molecule has 0 aromatic heterocycles. The van der Waals surface area contributed by atoms with E-state index in [9.17, 15) is 4.79 Å². The number of ether oxygens (including phenoxy) is 1. The molecule has 74 valence electrons. The fourth-order valence-corrected chi connectivity index (χ4v) is 1.17. The van der Waals surface area contributed by atoms with Gasteiger partial charge in [0, 0.05) is 6.08 Å². The lowest BCUT2D eigenvalue weighted by atomic mass is 10.1. The average Bonchev–Trinajstić information content (AvgIpc) is 2.19. The molecule has 1 rings (SSSR count). The number of hydrogen-bond donors (Lipinski definition) is 0. The molecule has 0 unspecified atom stereocenters. The summed E-state index contributed by atoms with van der Waals surface area (Å²) in [5.74, 6) is -0.328. The summed E-state index contributed by atoms with van der Waals surface area (Å²) >= 11 is 0. The number of aryl methyl sites for hydroxylation is 2. The number of carbonyl (C=O) groups is 1. The minimum atomic E-state index is -0.328. The topological polar surface area (TPSA) is 26.3 Å². The fourth-order valence-electron chi connectivity index (χ4n) is 1.17. The molecular formula is C12H14O2. The Morgan fingerprint density at radius 1 is 1.36 bits per heavy atom. The molecule has 0 aliphatic heterocycles. The zero-order valence-corrected chi connectivity index (χ0v) is 8.70. The van der Waals surface area contributed by atoms with Crippen LogP contribution in [-0.2, 0) is 9.53 Å². The summed E-state index contributed by atoms with van der Waals surface area (Å²) in [5, 5.41) is 0. The van der Waals surface area contributed by atoms with Crippen LogP contribution in [0.5, 0.6) is 0 Å². The van der Waals surface area contributed by atoms with Crippen LogP contribution in [0.2, 0.25) is 0 Å². The van der Waals surface area contributed by atoms with Gasteiger partial charge < -0.3 is 4.74 Å². The Hall–Kier alpha value is -1.57. The molecule has 1 aromatic rings. The molecule has 0 spiro atoms. The van der Waals surface area contributed by atoms with Crippen molar-refractivity contribution >= 4 is 12.0 Å². The smallest absolute Gasteiger partial charge is 0.330 e. The molecule has 1 aromatic carbocycles. The first-order chi connectivity index (χ1) is 6.63. The van der Waals surface area contributed by atoms with Crippen LogP contribution in [0.3, 0.4) is 0 Å². The highest BCUT2D eigenvalue weighted by molar-refractivity contribution is 5.87. The molecule has 0 fully saturated rings. The number of benzene rings is 1. The van der Waals surface area contributed by atoms with E-state index in [4.69, 9.17) is 0 Å². The molecule has 14 heavy (non-hydrogen) atoms. The lowest BCUT2D eigenvalue weighted by Gasteiger charge is -2.01. The van der Waals surface area contributed by atoms with E-state index in [0.717, 1.165) is 11.1 Å². The second-order valence-corrected chi connectivity index (χ2v) is 3.22. The van der Waals surface area contributed by atoms with Gasteiger partial charge in [-0.15, -0.1) is 0 Å². The van der Waals surface area contributed by atoms with E-state index in [2.05, 4.69) is 4.74 Å². The van der Waals surface area contributed by atoms with Gasteiger partial charge in [0.25, 0.3) is 0 Å². The van der Waals surface area contributed by atoms with E-state index in [1.807, 2.05) is 32.0 Å². The SMILES string of the molecule is COC(=O)/C=C/c1cc(C)ccc1C. The largest absolute Gasteiger partial charge is 0.466 e. The Morgan fingerprint density at radius 3 is 2.71 bits per heavy atom. The van der Waals surface area contributed by atoms with Crippen LogP contribution in [0.25, 0.3) is 6.08 Å². The predicted molar refractivity (Wildman–Crippen MR) is 57.0 cm³/mol. The highest BCUT2D eigenvalue weighted by Gasteiger charge is 1.96. The van der Waals surface area contributed by atoms with Crippen LogP contribution in [0.15, 0.2) is 24.3 Å². The highest BCUT2D eigenvalue weighted by atomic mass is 16.5. The van der Waals surface area contributed by atoms with Crippen LogP contribution < -0.4 is 0 Å². The van der Waals surface area contributed by atoms with Crippen molar-refractivity contribution in [1.82, 2.24) is 0 Å². The van der Waals surface area contributed by atoms with Crippen LogP contribution >= 0.6 is 0 Å². The number of carbonyl (C=O) groups excluding carboxylic acids is 1. The zero-order valence-electron chi connectivity index (χ0n) is 8.70. The quantitative estimate of drug-likeness (QED) is 0.529. The number of hydrogen-bond acceptors (Lipinski definition) is 2. The van der Waals surface area contributed by atoms with Crippen LogP contribution in [0.1, 0.15) is 16.7 Å². The maximum Gasteiger partial charge on any atom is 0.330 e.